The van der Waals surface area contributed by atoms with E-state index in [-0.39, 0.29) is 0 Å². The van der Waals surface area contributed by atoms with Crippen molar-refractivity contribution in [3.05, 3.63) is 0 Å². The molecule has 0 spiro atoms. The molecule has 0 aliphatic rings. The van der Waals surface area contributed by atoms with E-state index in [1.807, 2.05) is 19.0 Å². The first kappa shape index (κ1) is 6.87. The lowest BCUT2D eigenvalue weighted by Gasteiger charge is -1.99. The maximum absolute atomic E-state index is 3.71. The van der Waals surface area contributed by atoms with Gasteiger partial charge in [0.25, 0.3) is 0 Å². The predicted molar refractivity (Wildman–Crippen MR) is 35.3 cm³/mol. The quantitative estimate of drug-likeness (QED) is 0.383. The summed E-state index contributed by atoms with van der Waals surface area (Å²) in [5, 5.41) is 2.50. The zero-order chi connectivity index (χ0) is 5.70. The highest BCUT2D eigenvalue weighted by atomic mass is 32.1. The largest absolute Gasteiger partial charge is 0.298 e. The standard InChI is InChI=1S/C5H9NS/c1-6(2)4-3-5-7/h7H,4H2,1-2H3. The van der Waals surface area contributed by atoms with Crippen molar-refractivity contribution >= 4 is 12.6 Å². The fourth-order valence-electron chi connectivity index (χ4n) is 0.193. The summed E-state index contributed by atoms with van der Waals surface area (Å²) in [6.07, 6.45) is 0. The molecule has 0 radical (unpaired) electrons. The second-order valence-corrected chi connectivity index (χ2v) is 1.75. The van der Waals surface area contributed by atoms with Crippen LogP contribution in [0.4, 0.5) is 0 Å². The molecule has 0 aromatic carbocycles. The normalized spacial score (nSPS) is 8.00. The minimum absolute atomic E-state index is 0.795. The van der Waals surface area contributed by atoms with Gasteiger partial charge in [-0.3, -0.25) is 4.90 Å². The number of hydrogen-bond acceptors (Lipinski definition) is 2. The fraction of sp³-hybridized carbons (Fsp3) is 0.600. The highest BCUT2D eigenvalue weighted by Gasteiger charge is 1.77. The Morgan fingerprint density at radius 2 is 2.14 bits per heavy atom. The summed E-state index contributed by atoms with van der Waals surface area (Å²) >= 11 is 3.71. The van der Waals surface area contributed by atoms with Gasteiger partial charge in [-0.1, -0.05) is 18.5 Å². The van der Waals surface area contributed by atoms with Crippen LogP contribution in [0.2, 0.25) is 0 Å². The maximum Gasteiger partial charge on any atom is 0.0605 e. The Labute approximate surface area is 50.1 Å². The van der Waals surface area contributed by atoms with Crippen molar-refractivity contribution in [1.82, 2.24) is 4.90 Å². The number of nitrogens with zero attached hydrogens (tertiary/aromatic N) is 1. The Morgan fingerprint density at radius 3 is 2.29 bits per heavy atom. The average Bonchev–Trinajstić information content (AvgIpc) is 1.61. The third-order valence-corrected chi connectivity index (χ3v) is 0.632. The van der Waals surface area contributed by atoms with E-state index in [1.54, 1.807) is 0 Å². The monoisotopic (exact) mass is 115 g/mol. The van der Waals surface area contributed by atoms with E-state index in [0.717, 1.165) is 6.54 Å². The maximum atomic E-state index is 3.71. The van der Waals surface area contributed by atoms with Crippen LogP contribution in [0.25, 0.3) is 0 Å². The summed E-state index contributed by atoms with van der Waals surface area (Å²) in [6, 6.07) is 0. The lowest BCUT2D eigenvalue weighted by molar-refractivity contribution is 0.464. The molecule has 0 bridgehead atoms. The number of hydrogen-bond donors (Lipinski definition) is 1. The van der Waals surface area contributed by atoms with E-state index in [0.29, 0.717) is 0 Å². The molecule has 0 aliphatic heterocycles. The van der Waals surface area contributed by atoms with Gasteiger partial charge >= 0.3 is 0 Å². The Morgan fingerprint density at radius 1 is 1.57 bits per heavy atom. The van der Waals surface area contributed by atoms with Crippen molar-refractivity contribution in [2.75, 3.05) is 20.6 Å². The topological polar surface area (TPSA) is 3.24 Å². The molecule has 0 fully saturated rings. The summed E-state index contributed by atoms with van der Waals surface area (Å²) in [5.74, 6) is 2.79. The van der Waals surface area contributed by atoms with Crippen LogP contribution in [0, 0.1) is 11.2 Å². The molecule has 0 saturated heterocycles. The summed E-state index contributed by atoms with van der Waals surface area (Å²) in [4.78, 5) is 1.99. The van der Waals surface area contributed by atoms with E-state index in [2.05, 4.69) is 23.8 Å². The molecule has 0 atom stereocenters. The smallest absolute Gasteiger partial charge is 0.0605 e. The summed E-state index contributed by atoms with van der Waals surface area (Å²) in [6.45, 7) is 0.795. The Hall–Kier alpha value is -0.130. The van der Waals surface area contributed by atoms with E-state index in [1.165, 1.54) is 0 Å². The molecule has 7 heavy (non-hydrogen) atoms. The molecule has 2 heteroatoms. The van der Waals surface area contributed by atoms with Crippen LogP contribution in [0.1, 0.15) is 0 Å². The average molecular weight is 115 g/mol. The number of thiol groups is 1. The molecule has 0 unspecified atom stereocenters. The second-order valence-electron chi connectivity index (χ2n) is 1.53. The molecule has 40 valence electrons. The van der Waals surface area contributed by atoms with Gasteiger partial charge < -0.3 is 0 Å². The first-order chi connectivity index (χ1) is 3.27. The van der Waals surface area contributed by atoms with Crippen LogP contribution in [0.5, 0.6) is 0 Å². The zero-order valence-electron chi connectivity index (χ0n) is 4.60. The van der Waals surface area contributed by atoms with E-state index >= 15 is 0 Å². The van der Waals surface area contributed by atoms with Gasteiger partial charge in [0.2, 0.25) is 0 Å². The first-order valence-electron chi connectivity index (χ1n) is 2.04. The molecular weight excluding hydrogens is 106 g/mol. The van der Waals surface area contributed by atoms with Gasteiger partial charge in [-0.05, 0) is 19.3 Å². The van der Waals surface area contributed by atoms with Gasteiger partial charge in [0.15, 0.2) is 0 Å². The molecule has 0 saturated carbocycles. The van der Waals surface area contributed by atoms with Gasteiger partial charge in [-0.15, -0.1) is 0 Å². The van der Waals surface area contributed by atoms with Gasteiger partial charge in [0.05, 0.1) is 6.54 Å². The van der Waals surface area contributed by atoms with E-state index in [4.69, 9.17) is 0 Å². The van der Waals surface area contributed by atoms with Crippen LogP contribution < -0.4 is 0 Å². The van der Waals surface area contributed by atoms with Crippen LogP contribution in [-0.4, -0.2) is 25.5 Å². The van der Waals surface area contributed by atoms with Gasteiger partial charge in [0.1, 0.15) is 0 Å². The third kappa shape index (κ3) is 5.87. The van der Waals surface area contributed by atoms with Crippen LogP contribution >= 0.6 is 12.6 Å². The van der Waals surface area contributed by atoms with Gasteiger partial charge in [0, 0.05) is 0 Å². The van der Waals surface area contributed by atoms with Gasteiger partial charge in [-0.2, -0.15) is 0 Å². The lowest BCUT2D eigenvalue weighted by atomic mass is 10.6. The van der Waals surface area contributed by atoms with Crippen molar-refractivity contribution in [2.45, 2.75) is 0 Å². The molecule has 0 aromatic rings. The van der Waals surface area contributed by atoms with E-state index in [9.17, 15) is 0 Å². The Bertz CT molecular complexity index is 88.0. The van der Waals surface area contributed by atoms with Crippen molar-refractivity contribution in [3.8, 4) is 11.2 Å². The van der Waals surface area contributed by atoms with Crippen molar-refractivity contribution in [2.24, 2.45) is 0 Å². The highest BCUT2D eigenvalue weighted by molar-refractivity contribution is 7.85. The van der Waals surface area contributed by atoms with E-state index < -0.39 is 0 Å². The zero-order valence-corrected chi connectivity index (χ0v) is 5.50. The molecule has 0 N–H and O–H groups in total. The molecular formula is C5H9NS. The fourth-order valence-corrected chi connectivity index (χ4v) is 0.264. The molecule has 1 nitrogen and oxygen atoms in total. The highest BCUT2D eigenvalue weighted by Crippen LogP contribution is 1.69. The summed E-state index contributed by atoms with van der Waals surface area (Å²) in [7, 11) is 3.94. The first-order valence-corrected chi connectivity index (χ1v) is 2.49. The molecule has 0 aromatic heterocycles. The van der Waals surface area contributed by atoms with Crippen molar-refractivity contribution < 1.29 is 0 Å². The minimum Gasteiger partial charge on any atom is -0.298 e. The molecule has 0 aliphatic carbocycles. The predicted octanol–water partition coefficient (Wildman–Crippen LogP) is 0.439. The molecule has 0 rings (SSSR count). The SMILES string of the molecule is CN(C)CC#CS. The van der Waals surface area contributed by atoms with Crippen LogP contribution in [-0.2, 0) is 0 Å². The Kier molecular flexibility index (Phi) is 3.97. The Balaban J connectivity index is 3.08. The minimum atomic E-state index is 0.795. The second kappa shape index (κ2) is 4.04. The summed E-state index contributed by atoms with van der Waals surface area (Å²) < 4.78 is 0. The van der Waals surface area contributed by atoms with Crippen molar-refractivity contribution in [3.63, 3.8) is 0 Å². The van der Waals surface area contributed by atoms with Crippen LogP contribution in [0.3, 0.4) is 0 Å². The van der Waals surface area contributed by atoms with Crippen LogP contribution in [0.15, 0.2) is 0 Å². The van der Waals surface area contributed by atoms with Crippen molar-refractivity contribution in [1.29, 1.82) is 0 Å². The molecule has 0 amide bonds. The molecule has 0 heterocycles. The number of rotatable bonds is 1. The summed E-state index contributed by atoms with van der Waals surface area (Å²) in [5.41, 5.74) is 0. The third-order valence-electron chi connectivity index (χ3n) is 0.474. The lowest BCUT2D eigenvalue weighted by Crippen LogP contribution is -2.10. The van der Waals surface area contributed by atoms with Gasteiger partial charge in [-0.25, -0.2) is 0 Å².